The summed E-state index contributed by atoms with van der Waals surface area (Å²) in [7, 11) is 2.86. The van der Waals surface area contributed by atoms with E-state index in [1.165, 1.54) is 14.2 Å². The van der Waals surface area contributed by atoms with Gasteiger partial charge in [0.1, 0.15) is 0 Å². The summed E-state index contributed by atoms with van der Waals surface area (Å²) in [6.07, 6.45) is 0. The molecule has 1 aromatic carbocycles. The van der Waals surface area contributed by atoms with Crippen LogP contribution in [0.4, 0.5) is 0 Å². The van der Waals surface area contributed by atoms with Gasteiger partial charge in [-0.1, -0.05) is 0 Å². The molecule has 0 bridgehead atoms. The van der Waals surface area contributed by atoms with Crippen LogP contribution in [-0.4, -0.2) is 20.2 Å². The Labute approximate surface area is 89.8 Å². The van der Waals surface area contributed by atoms with Gasteiger partial charge in [0.2, 0.25) is 0 Å². The zero-order valence-corrected chi connectivity index (χ0v) is 10.6. The van der Waals surface area contributed by atoms with Gasteiger partial charge in [-0.25, -0.2) is 4.79 Å². The summed E-state index contributed by atoms with van der Waals surface area (Å²) in [5.74, 6) is 0.153. The minimum Gasteiger partial charge on any atom is -0.523 e. The largest absolute Gasteiger partial charge is 0.523 e. The number of carbonyl (C=O) groups is 1. The molecule has 0 heterocycles. The van der Waals surface area contributed by atoms with Gasteiger partial charge < -0.3 is 9.47 Å². The molecule has 0 aromatic heterocycles. The van der Waals surface area contributed by atoms with E-state index >= 15 is 0 Å². The molecule has 1 rings (SSSR count). The van der Waals surface area contributed by atoms with E-state index in [1.54, 1.807) is 18.2 Å². The van der Waals surface area contributed by atoms with Crippen LogP contribution in [0, 0.1) is 6.07 Å². The maximum absolute atomic E-state index is 11.0. The van der Waals surface area contributed by atoms with Crippen LogP contribution < -0.4 is 4.74 Å². The van der Waals surface area contributed by atoms with Crippen molar-refractivity contribution in [1.82, 2.24) is 0 Å². The Morgan fingerprint density at radius 1 is 1.46 bits per heavy atom. The second kappa shape index (κ2) is 5.71. The predicted octanol–water partition coefficient (Wildman–Crippen LogP) is 1.28. The maximum atomic E-state index is 11.0. The first-order valence-electron chi connectivity index (χ1n) is 3.42. The first-order chi connectivity index (χ1) is 5.77. The number of hydrogen-bond acceptors (Lipinski definition) is 3. The van der Waals surface area contributed by atoms with Crippen molar-refractivity contribution in [1.29, 1.82) is 0 Å². The first kappa shape index (κ1) is 12.1. The number of methoxy groups -OCH3 is 2. The van der Waals surface area contributed by atoms with Crippen LogP contribution in [-0.2, 0) is 24.2 Å². The van der Waals surface area contributed by atoms with Gasteiger partial charge in [0, 0.05) is 25.2 Å². The van der Waals surface area contributed by atoms with Crippen LogP contribution in [0.15, 0.2) is 18.2 Å². The third-order valence-corrected chi connectivity index (χ3v) is 1.42. The third-order valence-electron chi connectivity index (χ3n) is 1.42. The van der Waals surface area contributed by atoms with Crippen LogP contribution in [0.1, 0.15) is 10.4 Å². The van der Waals surface area contributed by atoms with Gasteiger partial charge in [0.25, 0.3) is 0 Å². The molecular weight excluding hydrogens is 221 g/mol. The van der Waals surface area contributed by atoms with Crippen LogP contribution in [0.25, 0.3) is 0 Å². The first-order valence-corrected chi connectivity index (χ1v) is 3.42. The Morgan fingerprint density at radius 3 is 2.69 bits per heavy atom. The molecule has 3 nitrogen and oxygen atoms in total. The Bertz CT molecular complexity index is 286. The summed E-state index contributed by atoms with van der Waals surface area (Å²) in [5, 5.41) is 0. The summed E-state index contributed by atoms with van der Waals surface area (Å²) >= 11 is 0. The summed E-state index contributed by atoms with van der Waals surface area (Å²) in [6, 6.07) is 7.62. The Hall–Kier alpha value is -0.887. The van der Waals surface area contributed by atoms with Gasteiger partial charge >= 0.3 is 5.97 Å². The molecule has 0 saturated carbocycles. The van der Waals surface area contributed by atoms with Crippen LogP contribution in [0.5, 0.6) is 5.75 Å². The molecule has 0 aliphatic carbocycles. The van der Waals surface area contributed by atoms with Crippen LogP contribution in [0.2, 0.25) is 0 Å². The van der Waals surface area contributed by atoms with Crippen molar-refractivity contribution in [2.24, 2.45) is 0 Å². The molecule has 0 aliphatic heterocycles. The third kappa shape index (κ3) is 3.15. The van der Waals surface area contributed by atoms with E-state index < -0.39 is 0 Å². The molecule has 66 valence electrons. The molecule has 0 aliphatic rings. The SMILES string of the molecule is COC(=O)c1cc[c-]c(OC)c1.[Zn]. The molecule has 1 aromatic rings. The molecule has 0 amide bonds. The van der Waals surface area contributed by atoms with Gasteiger partial charge in [0.15, 0.2) is 0 Å². The minimum absolute atomic E-state index is 0. The number of carbonyl (C=O) groups excluding carboxylic acids is 1. The zero-order chi connectivity index (χ0) is 8.97. The second-order valence-electron chi connectivity index (χ2n) is 2.14. The zero-order valence-electron chi connectivity index (χ0n) is 7.66. The number of ether oxygens (including phenoxy) is 2. The van der Waals surface area contributed by atoms with Crippen LogP contribution >= 0.6 is 0 Å². The summed E-state index contributed by atoms with van der Waals surface area (Å²) in [4.78, 5) is 11.0. The Kier molecular flexibility index (Phi) is 5.32. The standard InChI is InChI=1S/C9H9O3.Zn/c1-11-8-5-3-4-7(6-8)9(10)12-2;/h3-4,6H,1-2H3;/q-1;. The van der Waals surface area contributed by atoms with Gasteiger partial charge in [-0.05, 0) is 5.56 Å². The molecule has 0 N–H and O–H groups in total. The van der Waals surface area contributed by atoms with E-state index in [4.69, 9.17) is 4.74 Å². The number of esters is 1. The molecule has 0 atom stereocenters. The van der Waals surface area contributed by atoms with Crippen molar-refractivity contribution >= 4 is 5.97 Å². The molecule has 0 spiro atoms. The maximum Gasteiger partial charge on any atom is 0.313 e. The van der Waals surface area contributed by atoms with Crippen LogP contribution in [0.3, 0.4) is 0 Å². The van der Waals surface area contributed by atoms with Crippen molar-refractivity contribution < 1.29 is 33.7 Å². The fourth-order valence-electron chi connectivity index (χ4n) is 0.807. The smallest absolute Gasteiger partial charge is 0.313 e. The molecule has 13 heavy (non-hydrogen) atoms. The van der Waals surface area contributed by atoms with E-state index in [0.29, 0.717) is 11.3 Å². The summed E-state index contributed by atoms with van der Waals surface area (Å²) in [6.45, 7) is 0. The topological polar surface area (TPSA) is 35.5 Å². The number of rotatable bonds is 2. The average molecular weight is 231 g/mol. The van der Waals surface area contributed by atoms with Crippen molar-refractivity contribution in [3.05, 3.63) is 29.8 Å². The second-order valence-corrected chi connectivity index (χ2v) is 2.14. The number of hydrogen-bond donors (Lipinski definition) is 0. The molecule has 0 saturated heterocycles. The molecular formula is C9H9O3Zn-. The monoisotopic (exact) mass is 229 g/mol. The van der Waals surface area contributed by atoms with Gasteiger partial charge in [-0.15, -0.1) is 12.1 Å². The van der Waals surface area contributed by atoms with Gasteiger partial charge in [0.05, 0.1) is 14.2 Å². The molecule has 0 radical (unpaired) electrons. The Balaban J connectivity index is 0.00000144. The van der Waals surface area contributed by atoms with Gasteiger partial charge in [-0.3, -0.25) is 0 Å². The fraction of sp³-hybridized carbons (Fsp3) is 0.222. The van der Waals surface area contributed by atoms with Crippen molar-refractivity contribution in [3.8, 4) is 5.75 Å². The quantitative estimate of drug-likeness (QED) is 0.436. The van der Waals surface area contributed by atoms with Crippen molar-refractivity contribution in [2.45, 2.75) is 0 Å². The van der Waals surface area contributed by atoms with E-state index in [1.807, 2.05) is 0 Å². The minimum atomic E-state index is -0.373. The molecule has 0 unspecified atom stereocenters. The molecule has 0 fully saturated rings. The van der Waals surface area contributed by atoms with Gasteiger partial charge in [-0.2, -0.15) is 12.1 Å². The van der Waals surface area contributed by atoms with Crippen molar-refractivity contribution in [3.63, 3.8) is 0 Å². The fourth-order valence-corrected chi connectivity index (χ4v) is 0.807. The van der Waals surface area contributed by atoms with E-state index in [2.05, 4.69) is 10.8 Å². The van der Waals surface area contributed by atoms with Crippen molar-refractivity contribution in [2.75, 3.05) is 14.2 Å². The summed E-state index contributed by atoms with van der Waals surface area (Å²) < 4.78 is 9.41. The van der Waals surface area contributed by atoms with E-state index in [0.717, 1.165) is 0 Å². The predicted molar refractivity (Wildman–Crippen MR) is 43.2 cm³/mol. The Morgan fingerprint density at radius 2 is 2.15 bits per heavy atom. The van der Waals surface area contributed by atoms with E-state index in [9.17, 15) is 4.79 Å². The number of benzene rings is 1. The summed E-state index contributed by atoms with van der Waals surface area (Å²) in [5.41, 5.74) is 0.466. The average Bonchev–Trinajstić information content (AvgIpc) is 2.17. The molecule has 4 heteroatoms. The van der Waals surface area contributed by atoms with E-state index in [-0.39, 0.29) is 25.4 Å². The normalized spacial score (nSPS) is 8.46.